The van der Waals surface area contributed by atoms with Crippen molar-refractivity contribution in [3.8, 4) is 0 Å². The Kier molecular flexibility index (Phi) is 6.70. The molecule has 7 nitrogen and oxygen atoms in total. The molecule has 1 aromatic heterocycles. The first kappa shape index (κ1) is 21.5. The molecule has 9 heteroatoms. The van der Waals surface area contributed by atoms with Crippen LogP contribution in [0.3, 0.4) is 0 Å². The van der Waals surface area contributed by atoms with Crippen molar-refractivity contribution in [2.24, 2.45) is 5.92 Å². The van der Waals surface area contributed by atoms with E-state index < -0.39 is 18.1 Å². The number of aromatic nitrogens is 2. The average molecular weight is 439 g/mol. The van der Waals surface area contributed by atoms with Gasteiger partial charge in [0.25, 0.3) is 0 Å². The monoisotopic (exact) mass is 438 g/mol. The van der Waals surface area contributed by atoms with E-state index in [4.69, 9.17) is 27.9 Å². The summed E-state index contributed by atoms with van der Waals surface area (Å²) in [4.78, 5) is 34.6. The topological polar surface area (TPSA) is 87.3 Å². The highest BCUT2D eigenvalue weighted by atomic mass is 35.5. The lowest BCUT2D eigenvalue weighted by Gasteiger charge is -2.36. The molecule has 2 amide bonds. The summed E-state index contributed by atoms with van der Waals surface area (Å²) in [7, 11) is 1.31. The van der Waals surface area contributed by atoms with Crippen LogP contribution < -0.4 is 5.32 Å². The van der Waals surface area contributed by atoms with Gasteiger partial charge in [-0.2, -0.15) is 0 Å². The molecule has 0 radical (unpaired) electrons. The highest BCUT2D eigenvalue weighted by Crippen LogP contribution is 2.39. The number of urea groups is 1. The number of benzene rings is 1. The average Bonchev–Trinajstić information content (AvgIpc) is 3.16. The number of H-pyrrole nitrogens is 1. The second-order valence-electron chi connectivity index (χ2n) is 7.41. The molecule has 2 atom stereocenters. The van der Waals surface area contributed by atoms with Gasteiger partial charge < -0.3 is 19.9 Å². The van der Waals surface area contributed by atoms with E-state index in [-0.39, 0.29) is 11.9 Å². The van der Waals surface area contributed by atoms with Crippen molar-refractivity contribution in [2.45, 2.75) is 38.8 Å². The summed E-state index contributed by atoms with van der Waals surface area (Å²) >= 11 is 12.7. The number of nitrogens with zero attached hydrogens (tertiary/aromatic N) is 2. The maximum atomic E-state index is 13.2. The van der Waals surface area contributed by atoms with E-state index in [0.717, 1.165) is 5.69 Å². The Bertz CT molecular complexity index is 900. The minimum Gasteiger partial charge on any atom is -0.467 e. The quantitative estimate of drug-likeness (QED) is 0.691. The molecule has 1 aliphatic rings. The third-order valence-corrected chi connectivity index (χ3v) is 5.79. The molecule has 2 aromatic rings. The largest absolute Gasteiger partial charge is 0.467 e. The lowest BCUT2D eigenvalue weighted by molar-refractivity contribution is -0.143. The second-order valence-corrected chi connectivity index (χ2v) is 8.20. The Balaban J connectivity index is 1.95. The lowest BCUT2D eigenvalue weighted by atomic mass is 9.95. The van der Waals surface area contributed by atoms with E-state index in [9.17, 15) is 9.59 Å². The zero-order valence-electron chi connectivity index (χ0n) is 16.5. The fourth-order valence-electron chi connectivity index (χ4n) is 3.60. The maximum Gasteiger partial charge on any atom is 0.328 e. The molecule has 0 unspecified atom stereocenters. The van der Waals surface area contributed by atoms with Crippen LogP contribution in [0.4, 0.5) is 4.79 Å². The van der Waals surface area contributed by atoms with Crippen molar-refractivity contribution in [2.75, 3.05) is 13.7 Å². The van der Waals surface area contributed by atoms with E-state index in [1.807, 2.05) is 19.9 Å². The number of esters is 1. The van der Waals surface area contributed by atoms with Crippen LogP contribution in [0, 0.1) is 5.92 Å². The third kappa shape index (κ3) is 4.51. The molecule has 3 rings (SSSR count). The van der Waals surface area contributed by atoms with Crippen LogP contribution in [-0.4, -0.2) is 46.6 Å². The van der Waals surface area contributed by atoms with Crippen molar-refractivity contribution in [3.05, 3.63) is 51.5 Å². The zero-order valence-corrected chi connectivity index (χ0v) is 18.0. The number of carbonyl (C=O) groups is 2. The van der Waals surface area contributed by atoms with E-state index >= 15 is 0 Å². The van der Waals surface area contributed by atoms with E-state index in [2.05, 4.69) is 15.3 Å². The molecule has 0 saturated carbocycles. The summed E-state index contributed by atoms with van der Waals surface area (Å²) in [6.45, 7) is 4.39. The first-order valence-electron chi connectivity index (χ1n) is 9.44. The normalized spacial score (nSPS) is 17.0. The smallest absolute Gasteiger partial charge is 0.328 e. The molecule has 0 saturated heterocycles. The van der Waals surface area contributed by atoms with Crippen molar-refractivity contribution < 1.29 is 14.3 Å². The van der Waals surface area contributed by atoms with E-state index in [0.29, 0.717) is 40.7 Å². The first-order valence-corrected chi connectivity index (χ1v) is 10.2. The van der Waals surface area contributed by atoms with Gasteiger partial charge in [-0.25, -0.2) is 14.6 Å². The number of methoxy groups -OCH3 is 1. The van der Waals surface area contributed by atoms with Crippen LogP contribution in [0.2, 0.25) is 10.0 Å². The number of carbonyl (C=O) groups excluding carboxylic acids is 2. The van der Waals surface area contributed by atoms with Crippen LogP contribution in [0.25, 0.3) is 0 Å². The molecule has 1 aromatic carbocycles. The van der Waals surface area contributed by atoms with Crippen LogP contribution in [0.1, 0.15) is 43.3 Å². The zero-order chi connectivity index (χ0) is 21.1. The molecule has 2 heterocycles. The molecule has 0 fully saturated rings. The first-order chi connectivity index (χ1) is 13.8. The second kappa shape index (κ2) is 9.05. The van der Waals surface area contributed by atoms with Crippen LogP contribution in [-0.2, 0) is 16.0 Å². The minimum atomic E-state index is -0.733. The van der Waals surface area contributed by atoms with Gasteiger partial charge in [0.1, 0.15) is 12.1 Å². The standard InChI is InChI=1S/C20H24Cl2N4O3/c1-11(2)9-15(19(27)29-3)25-20(28)26-8-7-14-17(24-10-23-14)18(26)12-5-4-6-13(21)16(12)22/h4-6,10-11,15,18H,7-9H2,1-3H3,(H,23,24)(H,25,28)/t15-,18-/m1/s1. The summed E-state index contributed by atoms with van der Waals surface area (Å²) in [5.41, 5.74) is 2.34. The number of ether oxygens (including phenoxy) is 1. The Morgan fingerprint density at radius 2 is 2.14 bits per heavy atom. The van der Waals surface area contributed by atoms with Crippen molar-refractivity contribution in [1.82, 2.24) is 20.2 Å². The van der Waals surface area contributed by atoms with E-state index in [1.165, 1.54) is 7.11 Å². The highest BCUT2D eigenvalue weighted by molar-refractivity contribution is 6.42. The van der Waals surface area contributed by atoms with E-state index in [1.54, 1.807) is 23.4 Å². The summed E-state index contributed by atoms with van der Waals surface area (Å²) in [6.07, 6.45) is 2.69. The minimum absolute atomic E-state index is 0.205. The Hall–Kier alpha value is -2.25. The lowest BCUT2D eigenvalue weighted by Crippen LogP contribution is -2.51. The van der Waals surface area contributed by atoms with Gasteiger partial charge in [-0.1, -0.05) is 49.2 Å². The summed E-state index contributed by atoms with van der Waals surface area (Å²) < 4.78 is 4.86. The fraction of sp³-hybridized carbons (Fsp3) is 0.450. The number of aromatic amines is 1. The molecular weight excluding hydrogens is 415 g/mol. The number of rotatable bonds is 5. The number of nitrogens with one attached hydrogen (secondary N) is 2. The molecule has 156 valence electrons. The third-order valence-electron chi connectivity index (χ3n) is 4.95. The predicted molar refractivity (Wildman–Crippen MR) is 111 cm³/mol. The highest BCUT2D eigenvalue weighted by Gasteiger charge is 2.37. The van der Waals surface area contributed by atoms with Gasteiger partial charge in [-0.3, -0.25) is 0 Å². The van der Waals surface area contributed by atoms with Gasteiger partial charge in [0, 0.05) is 24.2 Å². The molecular formula is C20H24Cl2N4O3. The van der Waals surface area contributed by atoms with Gasteiger partial charge in [0.15, 0.2) is 0 Å². The molecule has 2 N–H and O–H groups in total. The number of hydrogen-bond acceptors (Lipinski definition) is 4. The predicted octanol–water partition coefficient (Wildman–Crippen LogP) is 3.96. The SMILES string of the molecule is COC(=O)[C@@H](CC(C)C)NC(=O)N1CCc2[nH]cnc2[C@H]1c1cccc(Cl)c1Cl. The van der Waals surface area contributed by atoms with Gasteiger partial charge in [0.2, 0.25) is 0 Å². The Morgan fingerprint density at radius 3 is 2.83 bits per heavy atom. The number of hydrogen-bond donors (Lipinski definition) is 2. The molecule has 29 heavy (non-hydrogen) atoms. The molecule has 0 aliphatic carbocycles. The number of imidazole rings is 1. The van der Waals surface area contributed by atoms with Gasteiger partial charge in [-0.05, 0) is 18.4 Å². The number of halogens is 2. The van der Waals surface area contributed by atoms with Crippen molar-refractivity contribution in [1.29, 1.82) is 0 Å². The summed E-state index contributed by atoms with van der Waals surface area (Å²) in [6, 6.07) is 3.68. The Labute approximate surface area is 179 Å². The number of fused-ring (bicyclic) bond motifs is 1. The molecule has 0 bridgehead atoms. The van der Waals surface area contributed by atoms with Gasteiger partial charge >= 0.3 is 12.0 Å². The fourth-order valence-corrected chi connectivity index (χ4v) is 4.01. The van der Waals surface area contributed by atoms with Crippen LogP contribution >= 0.6 is 23.2 Å². The molecule has 1 aliphatic heterocycles. The van der Waals surface area contributed by atoms with Crippen LogP contribution in [0.5, 0.6) is 0 Å². The van der Waals surface area contributed by atoms with Gasteiger partial charge in [-0.15, -0.1) is 0 Å². The van der Waals surface area contributed by atoms with Crippen molar-refractivity contribution in [3.63, 3.8) is 0 Å². The summed E-state index contributed by atoms with van der Waals surface area (Å²) in [5.74, 6) is -0.265. The van der Waals surface area contributed by atoms with Crippen molar-refractivity contribution >= 4 is 35.2 Å². The summed E-state index contributed by atoms with van der Waals surface area (Å²) in [5, 5.41) is 3.60. The van der Waals surface area contributed by atoms with Gasteiger partial charge in [0.05, 0.1) is 29.2 Å². The number of amides is 2. The Morgan fingerprint density at radius 1 is 1.38 bits per heavy atom. The molecule has 0 spiro atoms. The van der Waals surface area contributed by atoms with Crippen LogP contribution in [0.15, 0.2) is 24.5 Å². The maximum absolute atomic E-state index is 13.2.